The van der Waals surface area contributed by atoms with Crippen LogP contribution < -0.4 is 10.6 Å². The van der Waals surface area contributed by atoms with Crippen LogP contribution in [0.15, 0.2) is 6.07 Å². The molecule has 1 fully saturated rings. The number of anilines is 2. The summed E-state index contributed by atoms with van der Waals surface area (Å²) in [5.41, 5.74) is 0. The Hall–Kier alpha value is -1.36. The van der Waals surface area contributed by atoms with Crippen LogP contribution in [0.25, 0.3) is 0 Å². The average molecular weight is 264 g/mol. The van der Waals surface area contributed by atoms with Crippen molar-refractivity contribution < 1.29 is 4.74 Å². The summed E-state index contributed by atoms with van der Waals surface area (Å²) in [5, 5.41) is 6.60. The monoisotopic (exact) mass is 264 g/mol. The molecular formula is C14H24N4O. The molecule has 0 aliphatic carbocycles. The van der Waals surface area contributed by atoms with Gasteiger partial charge in [-0.2, -0.15) is 0 Å². The number of rotatable bonds is 4. The first-order chi connectivity index (χ1) is 9.08. The minimum Gasteiger partial charge on any atom is -0.378 e. The quantitative estimate of drug-likeness (QED) is 0.875. The van der Waals surface area contributed by atoms with Crippen molar-refractivity contribution in [2.45, 2.75) is 51.7 Å². The summed E-state index contributed by atoms with van der Waals surface area (Å²) in [6.45, 7) is 7.15. The predicted octanol–water partition coefficient (Wildman–Crippen LogP) is 2.62. The summed E-state index contributed by atoms with van der Waals surface area (Å²) in [6.07, 6.45) is 2.37. The summed E-state index contributed by atoms with van der Waals surface area (Å²) in [4.78, 5) is 9.07. The van der Waals surface area contributed by atoms with Crippen molar-refractivity contribution in [2.24, 2.45) is 0 Å². The Morgan fingerprint density at radius 2 is 2.05 bits per heavy atom. The van der Waals surface area contributed by atoms with Crippen LogP contribution in [0.3, 0.4) is 0 Å². The second-order valence-electron chi connectivity index (χ2n) is 5.45. The largest absolute Gasteiger partial charge is 0.378 e. The average Bonchev–Trinajstić information content (AvgIpc) is 2.38. The fraction of sp³-hybridized carbons (Fsp3) is 0.714. The highest BCUT2D eigenvalue weighted by Crippen LogP contribution is 2.21. The topological polar surface area (TPSA) is 59.1 Å². The fourth-order valence-corrected chi connectivity index (χ4v) is 2.26. The molecule has 5 heteroatoms. The Morgan fingerprint density at radius 1 is 1.32 bits per heavy atom. The van der Waals surface area contributed by atoms with E-state index >= 15 is 0 Å². The molecule has 2 unspecified atom stereocenters. The zero-order valence-electron chi connectivity index (χ0n) is 12.2. The van der Waals surface area contributed by atoms with E-state index in [0.29, 0.717) is 18.1 Å². The molecule has 2 heterocycles. The molecule has 5 nitrogen and oxygen atoms in total. The number of hydrogen-bond acceptors (Lipinski definition) is 5. The number of nitrogens with zero attached hydrogens (tertiary/aromatic N) is 2. The maximum Gasteiger partial charge on any atom is 0.135 e. The zero-order chi connectivity index (χ0) is 13.8. The first-order valence-electron chi connectivity index (χ1n) is 7.03. The van der Waals surface area contributed by atoms with Crippen molar-refractivity contribution in [1.82, 2.24) is 9.97 Å². The van der Waals surface area contributed by atoms with E-state index in [2.05, 4.69) is 41.4 Å². The van der Waals surface area contributed by atoms with E-state index in [0.717, 1.165) is 36.9 Å². The van der Waals surface area contributed by atoms with E-state index < -0.39 is 0 Å². The van der Waals surface area contributed by atoms with E-state index in [1.807, 2.05) is 13.1 Å². The van der Waals surface area contributed by atoms with E-state index in [4.69, 9.17) is 4.74 Å². The molecule has 106 valence electrons. The van der Waals surface area contributed by atoms with Gasteiger partial charge in [0.1, 0.15) is 17.5 Å². The lowest BCUT2D eigenvalue weighted by Crippen LogP contribution is -2.32. The van der Waals surface area contributed by atoms with Gasteiger partial charge in [-0.05, 0) is 19.8 Å². The Morgan fingerprint density at radius 3 is 2.68 bits per heavy atom. The Kier molecular flexibility index (Phi) is 4.58. The normalized spacial score (nSPS) is 23.4. The molecule has 1 aliphatic rings. The van der Waals surface area contributed by atoms with E-state index in [9.17, 15) is 0 Å². The molecule has 1 aliphatic heterocycles. The maximum atomic E-state index is 5.57. The molecule has 0 saturated carbocycles. The summed E-state index contributed by atoms with van der Waals surface area (Å²) in [7, 11) is 1.88. The van der Waals surface area contributed by atoms with Gasteiger partial charge in [0.15, 0.2) is 0 Å². The minimum atomic E-state index is 0.321. The number of nitrogens with one attached hydrogen (secondary N) is 2. The van der Waals surface area contributed by atoms with Crippen molar-refractivity contribution in [3.8, 4) is 0 Å². The van der Waals surface area contributed by atoms with Crippen LogP contribution in [0.1, 0.15) is 45.4 Å². The van der Waals surface area contributed by atoms with Gasteiger partial charge in [-0.25, -0.2) is 9.97 Å². The highest BCUT2D eigenvalue weighted by atomic mass is 16.5. The molecule has 1 aromatic rings. The van der Waals surface area contributed by atoms with Crippen LogP contribution in [0, 0.1) is 0 Å². The van der Waals surface area contributed by atoms with Gasteiger partial charge in [0.05, 0.1) is 6.10 Å². The molecular weight excluding hydrogens is 240 g/mol. The Labute approximate surface area is 115 Å². The van der Waals surface area contributed by atoms with Crippen LogP contribution >= 0.6 is 0 Å². The van der Waals surface area contributed by atoms with Gasteiger partial charge >= 0.3 is 0 Å². The molecule has 1 saturated heterocycles. The van der Waals surface area contributed by atoms with Crippen molar-refractivity contribution in [3.63, 3.8) is 0 Å². The van der Waals surface area contributed by atoms with Gasteiger partial charge in [-0.1, -0.05) is 13.8 Å². The van der Waals surface area contributed by atoms with Gasteiger partial charge in [-0.3, -0.25) is 0 Å². The Bertz CT molecular complexity index is 422. The van der Waals surface area contributed by atoms with Gasteiger partial charge in [-0.15, -0.1) is 0 Å². The second kappa shape index (κ2) is 6.19. The first-order valence-corrected chi connectivity index (χ1v) is 7.03. The summed E-state index contributed by atoms with van der Waals surface area (Å²) in [5.74, 6) is 2.96. The van der Waals surface area contributed by atoms with Crippen LogP contribution in [-0.2, 0) is 4.74 Å². The van der Waals surface area contributed by atoms with E-state index in [1.54, 1.807) is 0 Å². The standard InChI is InChI=1S/C14H24N4O/c1-9(2)14-17-12(15-4)8-13(18-14)16-11-5-6-19-10(3)7-11/h8-11H,5-7H2,1-4H3,(H2,15,16,17,18). The van der Waals surface area contributed by atoms with E-state index in [1.165, 1.54) is 0 Å². The lowest BCUT2D eigenvalue weighted by atomic mass is 10.0. The van der Waals surface area contributed by atoms with Gasteiger partial charge < -0.3 is 15.4 Å². The third-order valence-electron chi connectivity index (χ3n) is 3.35. The summed E-state index contributed by atoms with van der Waals surface area (Å²) in [6, 6.07) is 2.40. The summed E-state index contributed by atoms with van der Waals surface area (Å²) >= 11 is 0. The minimum absolute atomic E-state index is 0.321. The SMILES string of the molecule is CNc1cc(NC2CCOC(C)C2)nc(C(C)C)n1. The maximum absolute atomic E-state index is 5.57. The number of hydrogen-bond donors (Lipinski definition) is 2. The smallest absolute Gasteiger partial charge is 0.135 e. The lowest BCUT2D eigenvalue weighted by Gasteiger charge is -2.28. The highest BCUT2D eigenvalue weighted by Gasteiger charge is 2.20. The lowest BCUT2D eigenvalue weighted by molar-refractivity contribution is 0.0232. The molecule has 0 amide bonds. The molecule has 0 spiro atoms. The van der Waals surface area contributed by atoms with Crippen molar-refractivity contribution >= 4 is 11.6 Å². The zero-order valence-corrected chi connectivity index (χ0v) is 12.2. The molecule has 0 radical (unpaired) electrons. The van der Waals surface area contributed by atoms with Crippen molar-refractivity contribution in [2.75, 3.05) is 24.3 Å². The second-order valence-corrected chi connectivity index (χ2v) is 5.45. The van der Waals surface area contributed by atoms with Gasteiger partial charge in [0.25, 0.3) is 0 Å². The van der Waals surface area contributed by atoms with Crippen LogP contribution in [0.4, 0.5) is 11.6 Å². The van der Waals surface area contributed by atoms with Crippen molar-refractivity contribution in [1.29, 1.82) is 0 Å². The third-order valence-corrected chi connectivity index (χ3v) is 3.35. The molecule has 2 rings (SSSR count). The number of ether oxygens (including phenoxy) is 1. The van der Waals surface area contributed by atoms with Crippen LogP contribution in [-0.4, -0.2) is 35.8 Å². The molecule has 1 aromatic heterocycles. The Balaban J connectivity index is 2.12. The van der Waals surface area contributed by atoms with E-state index in [-0.39, 0.29) is 0 Å². The fourth-order valence-electron chi connectivity index (χ4n) is 2.26. The van der Waals surface area contributed by atoms with Crippen LogP contribution in [0.2, 0.25) is 0 Å². The third kappa shape index (κ3) is 3.80. The number of aromatic nitrogens is 2. The highest BCUT2D eigenvalue weighted by molar-refractivity contribution is 5.48. The molecule has 2 atom stereocenters. The van der Waals surface area contributed by atoms with Gasteiger partial charge in [0, 0.05) is 31.7 Å². The van der Waals surface area contributed by atoms with Crippen LogP contribution in [0.5, 0.6) is 0 Å². The predicted molar refractivity (Wildman–Crippen MR) is 77.7 cm³/mol. The first kappa shape index (κ1) is 14.1. The van der Waals surface area contributed by atoms with Crippen molar-refractivity contribution in [3.05, 3.63) is 11.9 Å². The summed E-state index contributed by atoms with van der Waals surface area (Å²) < 4.78 is 5.57. The molecule has 19 heavy (non-hydrogen) atoms. The molecule has 0 bridgehead atoms. The molecule has 2 N–H and O–H groups in total. The molecule has 0 aromatic carbocycles. The van der Waals surface area contributed by atoms with Gasteiger partial charge in [0.2, 0.25) is 0 Å².